The Morgan fingerprint density at radius 1 is 1.02 bits per heavy atom. The summed E-state index contributed by atoms with van der Waals surface area (Å²) in [5.74, 6) is -0.380. The summed E-state index contributed by atoms with van der Waals surface area (Å²) in [4.78, 5) is 47.2. The molecule has 1 aromatic carbocycles. The van der Waals surface area contributed by atoms with Crippen molar-refractivity contribution in [2.45, 2.75) is 115 Å². The molecule has 0 bridgehead atoms. The number of halogens is 2. The highest BCUT2D eigenvalue weighted by molar-refractivity contribution is 6.08. The monoisotopic (exact) mass is 867 g/mol. The van der Waals surface area contributed by atoms with Gasteiger partial charge in [0, 0.05) is 63.0 Å². The number of hydrogen-bond donors (Lipinski definition) is 2. The number of piperidine rings is 1. The number of ether oxygens (including phenoxy) is 2. The van der Waals surface area contributed by atoms with Gasteiger partial charge in [-0.3, -0.25) is 34.0 Å². The highest BCUT2D eigenvalue weighted by Crippen LogP contribution is 2.49. The number of anilines is 2. The molecule has 3 saturated heterocycles. The number of carbonyl (C=O) groups is 3. The molecule has 5 aliphatic rings. The first kappa shape index (κ1) is 41.7. The lowest BCUT2D eigenvalue weighted by atomic mass is 9.66. The van der Waals surface area contributed by atoms with Gasteiger partial charge in [0.25, 0.3) is 18.2 Å². The van der Waals surface area contributed by atoms with Crippen molar-refractivity contribution >= 4 is 45.8 Å². The van der Waals surface area contributed by atoms with Gasteiger partial charge in [-0.25, -0.2) is 18.3 Å². The highest BCUT2D eigenvalue weighted by Gasteiger charge is 2.48. The number of morpholine rings is 1. The van der Waals surface area contributed by atoms with Crippen LogP contribution in [0.15, 0.2) is 42.9 Å². The van der Waals surface area contributed by atoms with Crippen LogP contribution in [0.3, 0.4) is 0 Å². The van der Waals surface area contributed by atoms with E-state index < -0.39 is 24.1 Å². The topological polar surface area (TPSA) is 166 Å². The van der Waals surface area contributed by atoms with Crippen LogP contribution in [0.1, 0.15) is 116 Å². The predicted octanol–water partition coefficient (Wildman–Crippen LogP) is 5.97. The molecule has 5 aromatic rings. The molecule has 2 saturated carbocycles. The Balaban J connectivity index is 0.676. The van der Waals surface area contributed by atoms with Crippen molar-refractivity contribution in [1.82, 2.24) is 44.4 Å². The zero-order chi connectivity index (χ0) is 43.2. The van der Waals surface area contributed by atoms with E-state index in [9.17, 15) is 23.2 Å². The standard InChI is InChI=1S/C45H55F2N11O5/c1-28-39-29(4-2-6-35(39)58(52-28)36-11-12-38(59)51-44(36)61)5-3-21-63-32-9-7-30(8-10-32)55-26-45(27-55)16-13-31(14-17-45)57-25-34(40(53-57)41(46)47)49-43(60)33-24-48-56-18-15-37(50-42(33)56)54-19-22-62-23-20-54/h2,4,6,15,18,24-25,30-32,36,41H,3,5,7-14,16-17,19-23,26-27H2,1H3,(H,49,60)(H,51,59,61). The van der Waals surface area contributed by atoms with Crippen molar-refractivity contribution in [2.24, 2.45) is 5.41 Å². The van der Waals surface area contributed by atoms with E-state index in [1.54, 1.807) is 21.8 Å². The third kappa shape index (κ3) is 8.32. The van der Waals surface area contributed by atoms with Gasteiger partial charge in [-0.2, -0.15) is 15.3 Å². The lowest BCUT2D eigenvalue weighted by Crippen LogP contribution is -2.61. The van der Waals surface area contributed by atoms with E-state index in [4.69, 9.17) is 14.6 Å². The van der Waals surface area contributed by atoms with E-state index in [2.05, 4.69) is 41.7 Å². The van der Waals surface area contributed by atoms with Gasteiger partial charge in [0.15, 0.2) is 11.3 Å². The van der Waals surface area contributed by atoms with E-state index in [0.29, 0.717) is 63.3 Å². The van der Waals surface area contributed by atoms with Gasteiger partial charge in [0.1, 0.15) is 17.4 Å². The van der Waals surface area contributed by atoms with Crippen LogP contribution in [0.5, 0.6) is 0 Å². The minimum absolute atomic E-state index is 0.0115. The molecule has 4 aromatic heterocycles. The molecule has 16 nitrogen and oxygen atoms in total. The number of likely N-dealkylation sites (tertiary alicyclic amines) is 1. The Bertz CT molecular complexity index is 2490. The zero-order valence-electron chi connectivity index (χ0n) is 35.7. The molecule has 18 heteroatoms. The Labute approximate surface area is 363 Å². The molecule has 0 radical (unpaired) electrons. The van der Waals surface area contributed by atoms with Crippen molar-refractivity contribution in [3.63, 3.8) is 0 Å². The summed E-state index contributed by atoms with van der Waals surface area (Å²) in [6, 6.07) is 8.06. The molecule has 2 N–H and O–H groups in total. The van der Waals surface area contributed by atoms with E-state index >= 15 is 0 Å². The number of alkyl halides is 2. The van der Waals surface area contributed by atoms with E-state index in [1.807, 2.05) is 25.1 Å². The molecular formula is C45H55F2N11O5. The normalized spacial score (nSPS) is 23.5. The third-order valence-corrected chi connectivity index (χ3v) is 14.2. The number of amides is 3. The van der Waals surface area contributed by atoms with Crippen LogP contribution >= 0.6 is 0 Å². The number of benzene rings is 1. The molecule has 10 rings (SSSR count). The molecule has 3 aliphatic heterocycles. The summed E-state index contributed by atoms with van der Waals surface area (Å²) < 4.78 is 45.4. The van der Waals surface area contributed by atoms with Crippen molar-refractivity contribution in [1.29, 1.82) is 0 Å². The molecule has 1 unspecified atom stereocenters. The maximum Gasteiger partial charge on any atom is 0.284 e. The first-order valence-corrected chi connectivity index (χ1v) is 22.6. The fourth-order valence-corrected chi connectivity index (χ4v) is 10.8. The van der Waals surface area contributed by atoms with E-state index in [-0.39, 0.29) is 40.6 Å². The second-order valence-corrected chi connectivity index (χ2v) is 18.2. The molecule has 3 amide bonds. The molecule has 2 aliphatic carbocycles. The van der Waals surface area contributed by atoms with Crippen LogP contribution in [0.25, 0.3) is 16.6 Å². The average molecular weight is 868 g/mol. The van der Waals surface area contributed by atoms with Gasteiger partial charge in [-0.15, -0.1) is 0 Å². The molecule has 63 heavy (non-hydrogen) atoms. The highest BCUT2D eigenvalue weighted by atomic mass is 19.3. The number of imide groups is 1. The van der Waals surface area contributed by atoms with Crippen LogP contribution < -0.4 is 15.5 Å². The van der Waals surface area contributed by atoms with Crippen molar-refractivity contribution in [2.75, 3.05) is 56.2 Å². The van der Waals surface area contributed by atoms with Crippen LogP contribution in [0, 0.1) is 12.3 Å². The van der Waals surface area contributed by atoms with Crippen LogP contribution in [-0.4, -0.2) is 115 Å². The Morgan fingerprint density at radius 2 is 1.81 bits per heavy atom. The number of carbonyl (C=O) groups excluding carboxylic acids is 3. The summed E-state index contributed by atoms with van der Waals surface area (Å²) >= 11 is 0. The fourth-order valence-electron chi connectivity index (χ4n) is 10.8. The lowest BCUT2D eigenvalue weighted by Gasteiger charge is -2.57. The van der Waals surface area contributed by atoms with Gasteiger partial charge in [0.2, 0.25) is 5.91 Å². The number of aromatic nitrogens is 7. The van der Waals surface area contributed by atoms with Crippen molar-refractivity contribution in [3.05, 3.63) is 65.4 Å². The maximum atomic E-state index is 14.3. The summed E-state index contributed by atoms with van der Waals surface area (Å²) in [5.41, 5.74) is 3.41. The minimum atomic E-state index is -2.84. The van der Waals surface area contributed by atoms with Gasteiger partial charge in [0.05, 0.1) is 48.5 Å². The molecule has 1 spiro atoms. The number of hydrogen-bond acceptors (Lipinski definition) is 11. The summed E-state index contributed by atoms with van der Waals surface area (Å²) in [5, 5.41) is 19.6. The number of nitrogens with zero attached hydrogens (tertiary/aromatic N) is 9. The quantitative estimate of drug-likeness (QED) is 0.112. The Hall–Kier alpha value is -5.33. The summed E-state index contributed by atoms with van der Waals surface area (Å²) in [6.45, 7) is 7.37. The number of aryl methyl sites for hydroxylation is 2. The number of fused-ring (bicyclic) bond motifs is 2. The van der Waals surface area contributed by atoms with Gasteiger partial charge in [-0.1, -0.05) is 12.1 Å². The van der Waals surface area contributed by atoms with E-state index in [1.165, 1.54) is 16.3 Å². The smallest absolute Gasteiger partial charge is 0.284 e. The van der Waals surface area contributed by atoms with E-state index in [0.717, 1.165) is 93.9 Å². The van der Waals surface area contributed by atoms with Gasteiger partial charge >= 0.3 is 0 Å². The predicted molar refractivity (Wildman–Crippen MR) is 229 cm³/mol. The number of rotatable bonds is 12. The van der Waals surface area contributed by atoms with Crippen molar-refractivity contribution in [3.8, 4) is 0 Å². The third-order valence-electron chi connectivity index (χ3n) is 14.2. The molecule has 1 atom stereocenters. The summed E-state index contributed by atoms with van der Waals surface area (Å²) in [6.07, 6.45) is 12.8. The SMILES string of the molecule is Cc1nn(C2CCC(=O)NC2=O)c2cccc(CCCOC3CCC(N4CC5(CCC(n6cc(NC(=O)c7cnn8ccc(N9CCOCC9)nc78)c(C(F)F)n6)CC5)C4)CC3)c12. The zero-order valence-corrected chi connectivity index (χ0v) is 35.7. The molecule has 334 valence electrons. The largest absolute Gasteiger partial charge is 0.378 e. The second-order valence-electron chi connectivity index (χ2n) is 18.2. The first-order valence-electron chi connectivity index (χ1n) is 22.6. The Morgan fingerprint density at radius 3 is 2.57 bits per heavy atom. The average Bonchev–Trinajstić information content (AvgIpc) is 4.00. The van der Waals surface area contributed by atoms with Crippen molar-refractivity contribution < 1.29 is 32.6 Å². The van der Waals surface area contributed by atoms with Crippen LogP contribution in [0.4, 0.5) is 20.3 Å². The summed E-state index contributed by atoms with van der Waals surface area (Å²) in [7, 11) is 0. The molecule has 7 heterocycles. The molecule has 5 fully saturated rings. The van der Waals surface area contributed by atoms with Gasteiger partial charge in [-0.05, 0) is 101 Å². The van der Waals surface area contributed by atoms with Crippen LogP contribution in [0.2, 0.25) is 0 Å². The van der Waals surface area contributed by atoms with Crippen LogP contribution in [-0.2, 0) is 25.5 Å². The minimum Gasteiger partial charge on any atom is -0.378 e. The Kier molecular flexibility index (Phi) is 11.5. The second kappa shape index (κ2) is 17.3. The maximum absolute atomic E-state index is 14.3. The van der Waals surface area contributed by atoms with Gasteiger partial charge < -0.3 is 19.7 Å². The molecular weight excluding hydrogens is 813 g/mol. The lowest BCUT2D eigenvalue weighted by molar-refractivity contribution is -0.135. The number of nitrogens with one attached hydrogen (secondary N) is 2. The first-order chi connectivity index (χ1) is 30.6. The fraction of sp³-hybridized carbons (Fsp3) is 0.578.